The van der Waals surface area contributed by atoms with E-state index in [-0.39, 0.29) is 12.0 Å². The van der Waals surface area contributed by atoms with Gasteiger partial charge in [-0.15, -0.1) is 0 Å². The van der Waals surface area contributed by atoms with Crippen LogP contribution in [0.5, 0.6) is 5.75 Å². The molecule has 34 heavy (non-hydrogen) atoms. The highest BCUT2D eigenvalue weighted by Gasteiger charge is 2.31. The Morgan fingerprint density at radius 2 is 2.00 bits per heavy atom. The molecule has 0 N–H and O–H groups in total. The Balaban J connectivity index is 1.72. The molecule has 1 aliphatic rings. The molecular formula is C25H32FN5O3. The Morgan fingerprint density at radius 1 is 1.24 bits per heavy atom. The van der Waals surface area contributed by atoms with Gasteiger partial charge in [0, 0.05) is 30.5 Å². The van der Waals surface area contributed by atoms with E-state index in [2.05, 4.69) is 10.2 Å². The summed E-state index contributed by atoms with van der Waals surface area (Å²) in [6.07, 6.45) is 1.36. The Kier molecular flexibility index (Phi) is 6.47. The van der Waals surface area contributed by atoms with E-state index >= 15 is 0 Å². The summed E-state index contributed by atoms with van der Waals surface area (Å²) in [5, 5.41) is 14.5. The number of benzene rings is 1. The van der Waals surface area contributed by atoms with Gasteiger partial charge in [-0.25, -0.2) is 13.9 Å². The van der Waals surface area contributed by atoms with Crippen molar-refractivity contribution in [1.29, 1.82) is 0 Å². The summed E-state index contributed by atoms with van der Waals surface area (Å²) in [6.45, 7) is 12.8. The van der Waals surface area contributed by atoms with Crippen LogP contribution in [-0.4, -0.2) is 56.3 Å². The predicted molar refractivity (Wildman–Crippen MR) is 127 cm³/mol. The molecule has 1 amide bonds. The van der Waals surface area contributed by atoms with Crippen molar-refractivity contribution in [2.24, 2.45) is 0 Å². The van der Waals surface area contributed by atoms with Gasteiger partial charge in [0.2, 0.25) is 0 Å². The minimum Gasteiger partial charge on any atom is -0.494 e. The molecule has 1 atom stereocenters. The summed E-state index contributed by atoms with van der Waals surface area (Å²) in [5.74, 6) is 0.0169. The molecule has 182 valence electrons. The molecule has 0 radical (unpaired) electrons. The van der Waals surface area contributed by atoms with Crippen molar-refractivity contribution in [3.63, 3.8) is 0 Å². The minimum atomic E-state index is -0.557. The second-order valence-corrected chi connectivity index (χ2v) is 9.70. The van der Waals surface area contributed by atoms with Gasteiger partial charge >= 0.3 is 6.09 Å². The summed E-state index contributed by atoms with van der Waals surface area (Å²) in [5.41, 5.74) is 2.71. The van der Waals surface area contributed by atoms with Crippen molar-refractivity contribution in [1.82, 2.24) is 24.9 Å². The SMILES string of the molecule is CCOc1ccc(-n2nc3c(C4CCCN(C(=O)OC(C)(C)C)C4)nnc(C)c3c2C)c(F)c1. The number of halogens is 1. The van der Waals surface area contributed by atoms with Crippen LogP contribution in [-0.2, 0) is 4.74 Å². The average molecular weight is 470 g/mol. The highest BCUT2D eigenvalue weighted by Crippen LogP contribution is 2.34. The molecule has 0 spiro atoms. The fourth-order valence-electron chi connectivity index (χ4n) is 4.46. The van der Waals surface area contributed by atoms with Crippen molar-refractivity contribution in [2.45, 2.75) is 65.9 Å². The van der Waals surface area contributed by atoms with E-state index in [1.165, 1.54) is 6.07 Å². The summed E-state index contributed by atoms with van der Waals surface area (Å²) in [7, 11) is 0. The molecule has 9 heteroatoms. The zero-order chi connectivity index (χ0) is 24.6. The molecule has 4 rings (SSSR count). The first-order valence-electron chi connectivity index (χ1n) is 11.7. The third-order valence-corrected chi connectivity index (χ3v) is 5.95. The number of amides is 1. The van der Waals surface area contributed by atoms with Crippen molar-refractivity contribution in [3.8, 4) is 11.4 Å². The quantitative estimate of drug-likeness (QED) is 0.530. The number of hydrogen-bond acceptors (Lipinski definition) is 6. The van der Waals surface area contributed by atoms with E-state index in [1.54, 1.807) is 21.7 Å². The summed E-state index contributed by atoms with van der Waals surface area (Å²) >= 11 is 0. The van der Waals surface area contributed by atoms with Gasteiger partial charge in [-0.1, -0.05) is 0 Å². The predicted octanol–water partition coefficient (Wildman–Crippen LogP) is 5.08. The maximum atomic E-state index is 15.0. The molecule has 3 heterocycles. The summed E-state index contributed by atoms with van der Waals surface area (Å²) < 4.78 is 27.6. The standard InChI is InChI=1S/C25H32FN5O3/c1-7-33-18-10-11-20(19(26)13-18)31-16(3)21-15(2)27-28-22(23(21)29-31)17-9-8-12-30(14-17)24(32)34-25(4,5)6/h10-11,13,17H,7-9,12,14H2,1-6H3. The van der Waals surface area contributed by atoms with Crippen molar-refractivity contribution in [2.75, 3.05) is 19.7 Å². The van der Waals surface area contributed by atoms with Gasteiger partial charge in [-0.3, -0.25) is 0 Å². The molecule has 2 aromatic heterocycles. The molecule has 0 aliphatic carbocycles. The Hall–Kier alpha value is -3.23. The van der Waals surface area contributed by atoms with Crippen LogP contribution in [0.15, 0.2) is 18.2 Å². The fourth-order valence-corrected chi connectivity index (χ4v) is 4.46. The van der Waals surface area contributed by atoms with Crippen molar-refractivity contribution >= 4 is 17.0 Å². The number of rotatable bonds is 4. The monoisotopic (exact) mass is 469 g/mol. The first-order chi connectivity index (χ1) is 16.1. The Bertz CT molecular complexity index is 1220. The Labute approximate surface area is 199 Å². The Morgan fingerprint density at radius 3 is 2.68 bits per heavy atom. The fraction of sp³-hybridized carbons (Fsp3) is 0.520. The first kappa shape index (κ1) is 23.9. The third kappa shape index (κ3) is 4.69. The third-order valence-electron chi connectivity index (χ3n) is 5.95. The topological polar surface area (TPSA) is 82.4 Å². The lowest BCUT2D eigenvalue weighted by molar-refractivity contribution is 0.0197. The maximum Gasteiger partial charge on any atom is 0.410 e. The zero-order valence-corrected chi connectivity index (χ0v) is 20.7. The van der Waals surface area contributed by atoms with Gasteiger partial charge in [0.05, 0.1) is 23.7 Å². The average Bonchev–Trinajstić information content (AvgIpc) is 3.11. The minimum absolute atomic E-state index is 0.0372. The molecule has 0 bridgehead atoms. The van der Waals surface area contributed by atoms with Crippen LogP contribution >= 0.6 is 0 Å². The molecule has 3 aromatic rings. The number of piperidine rings is 1. The number of carbonyl (C=O) groups excluding carboxylic acids is 1. The molecule has 1 aliphatic heterocycles. The number of carbonyl (C=O) groups is 1. The molecular weight excluding hydrogens is 437 g/mol. The highest BCUT2D eigenvalue weighted by molar-refractivity contribution is 5.86. The zero-order valence-electron chi connectivity index (χ0n) is 20.7. The molecule has 1 saturated heterocycles. The van der Waals surface area contributed by atoms with Gasteiger partial charge < -0.3 is 14.4 Å². The number of nitrogens with zero attached hydrogens (tertiary/aromatic N) is 5. The van der Waals surface area contributed by atoms with E-state index < -0.39 is 11.4 Å². The van der Waals surface area contributed by atoms with Gasteiger partial charge in [0.1, 0.15) is 22.6 Å². The summed E-state index contributed by atoms with van der Waals surface area (Å²) in [4.78, 5) is 14.4. The second kappa shape index (κ2) is 9.19. The van der Waals surface area contributed by atoms with E-state index in [9.17, 15) is 9.18 Å². The molecule has 1 aromatic carbocycles. The lowest BCUT2D eigenvalue weighted by atomic mass is 9.93. The van der Waals surface area contributed by atoms with Crippen molar-refractivity contribution in [3.05, 3.63) is 41.1 Å². The van der Waals surface area contributed by atoms with Gasteiger partial charge in [0.25, 0.3) is 0 Å². The molecule has 1 fully saturated rings. The van der Waals surface area contributed by atoms with E-state index in [4.69, 9.17) is 14.6 Å². The normalized spacial score (nSPS) is 16.7. The number of hydrogen-bond donors (Lipinski definition) is 0. The lowest BCUT2D eigenvalue weighted by Crippen LogP contribution is -2.42. The molecule has 0 saturated carbocycles. The molecule has 8 nitrogen and oxygen atoms in total. The van der Waals surface area contributed by atoms with Crippen LogP contribution in [0.4, 0.5) is 9.18 Å². The van der Waals surface area contributed by atoms with Crippen molar-refractivity contribution < 1.29 is 18.7 Å². The smallest absolute Gasteiger partial charge is 0.410 e. The number of aryl methyl sites for hydroxylation is 2. The van der Waals surface area contributed by atoms with E-state index in [0.29, 0.717) is 36.6 Å². The van der Waals surface area contributed by atoms with Crippen LogP contribution in [0, 0.1) is 19.7 Å². The van der Waals surface area contributed by atoms with E-state index in [1.807, 2.05) is 41.5 Å². The number of fused-ring (bicyclic) bond motifs is 1. The summed E-state index contributed by atoms with van der Waals surface area (Å²) in [6, 6.07) is 4.77. The van der Waals surface area contributed by atoms with Crippen LogP contribution in [0.1, 0.15) is 63.5 Å². The van der Waals surface area contributed by atoms with Gasteiger partial charge in [0.15, 0.2) is 5.82 Å². The number of likely N-dealkylation sites (tertiary alicyclic amines) is 1. The van der Waals surface area contributed by atoms with E-state index in [0.717, 1.165) is 35.3 Å². The van der Waals surface area contributed by atoms with Crippen LogP contribution < -0.4 is 4.74 Å². The second-order valence-electron chi connectivity index (χ2n) is 9.70. The van der Waals surface area contributed by atoms with Gasteiger partial charge in [-0.05, 0) is 66.5 Å². The maximum absolute atomic E-state index is 15.0. The first-order valence-corrected chi connectivity index (χ1v) is 11.7. The van der Waals surface area contributed by atoms with Gasteiger partial charge in [-0.2, -0.15) is 15.3 Å². The van der Waals surface area contributed by atoms with Crippen LogP contribution in [0.2, 0.25) is 0 Å². The van der Waals surface area contributed by atoms with Crippen LogP contribution in [0.3, 0.4) is 0 Å². The number of ether oxygens (including phenoxy) is 2. The largest absolute Gasteiger partial charge is 0.494 e. The van der Waals surface area contributed by atoms with Crippen LogP contribution in [0.25, 0.3) is 16.6 Å². The molecule has 1 unspecified atom stereocenters. The highest BCUT2D eigenvalue weighted by atomic mass is 19.1. The number of aromatic nitrogens is 4. The lowest BCUT2D eigenvalue weighted by Gasteiger charge is -2.33.